The normalized spacial score (nSPS) is 12.4. The summed E-state index contributed by atoms with van der Waals surface area (Å²) in [5.74, 6) is -0.981. The lowest BCUT2D eigenvalue weighted by Crippen LogP contribution is -2.35. The van der Waals surface area contributed by atoms with Gasteiger partial charge in [0.25, 0.3) is 0 Å². The van der Waals surface area contributed by atoms with Gasteiger partial charge in [-0.1, -0.05) is 6.07 Å². The molecule has 94 valence electrons. The van der Waals surface area contributed by atoms with Crippen LogP contribution in [-0.2, 0) is 9.53 Å². The van der Waals surface area contributed by atoms with E-state index in [4.69, 9.17) is 10.5 Å². The molecule has 6 heteroatoms. The molecule has 0 aliphatic rings. The van der Waals surface area contributed by atoms with Crippen molar-refractivity contribution in [3.63, 3.8) is 0 Å². The van der Waals surface area contributed by atoms with Crippen molar-refractivity contribution in [3.05, 3.63) is 34.1 Å². The van der Waals surface area contributed by atoms with Crippen molar-refractivity contribution in [1.29, 1.82) is 0 Å². The van der Waals surface area contributed by atoms with Crippen molar-refractivity contribution < 1.29 is 13.9 Å². The number of ether oxygens (including phenoxy) is 1. The minimum absolute atomic E-state index is 0.348. The van der Waals surface area contributed by atoms with Crippen molar-refractivity contribution in [2.75, 3.05) is 20.3 Å². The Morgan fingerprint density at radius 3 is 2.88 bits per heavy atom. The summed E-state index contributed by atoms with van der Waals surface area (Å²) in [7, 11) is 1.56. The summed E-state index contributed by atoms with van der Waals surface area (Å²) in [6.45, 7) is 0.907. The zero-order valence-electron chi connectivity index (χ0n) is 9.37. The second-order valence-electron chi connectivity index (χ2n) is 3.46. The number of hydrogen-bond acceptors (Lipinski definition) is 3. The third-order valence-electron chi connectivity index (χ3n) is 2.22. The lowest BCUT2D eigenvalue weighted by Gasteiger charge is -2.15. The van der Waals surface area contributed by atoms with Gasteiger partial charge in [0.15, 0.2) is 0 Å². The molecule has 1 atom stereocenters. The Kier molecular flexibility index (Phi) is 5.54. The molecule has 1 rings (SSSR count). The van der Waals surface area contributed by atoms with Crippen LogP contribution in [0.5, 0.6) is 0 Å². The molecule has 0 heterocycles. The summed E-state index contributed by atoms with van der Waals surface area (Å²) in [5.41, 5.74) is 5.76. The number of carbonyl (C=O) groups is 1. The number of rotatable bonds is 6. The molecule has 0 radical (unpaired) electrons. The van der Waals surface area contributed by atoms with Gasteiger partial charge >= 0.3 is 0 Å². The van der Waals surface area contributed by atoms with Crippen LogP contribution in [0.1, 0.15) is 11.6 Å². The number of nitrogens with two attached hydrogens (primary N) is 1. The van der Waals surface area contributed by atoms with E-state index >= 15 is 0 Å². The van der Waals surface area contributed by atoms with Crippen LogP contribution in [0.25, 0.3) is 0 Å². The van der Waals surface area contributed by atoms with Crippen LogP contribution in [0.2, 0.25) is 0 Å². The first-order valence-corrected chi connectivity index (χ1v) is 5.82. The second kappa shape index (κ2) is 6.68. The fourth-order valence-electron chi connectivity index (χ4n) is 1.38. The van der Waals surface area contributed by atoms with Gasteiger partial charge in [0, 0.05) is 13.7 Å². The van der Waals surface area contributed by atoms with E-state index in [0.29, 0.717) is 23.2 Å². The quantitative estimate of drug-likeness (QED) is 0.780. The van der Waals surface area contributed by atoms with Gasteiger partial charge in [-0.15, -0.1) is 0 Å². The maximum atomic E-state index is 13.3. The number of halogens is 2. The lowest BCUT2D eigenvalue weighted by molar-refractivity contribution is -0.120. The minimum atomic E-state index is -0.715. The average Bonchev–Trinajstić information content (AvgIpc) is 2.28. The number of hydrogen-bond donors (Lipinski definition) is 2. The highest BCUT2D eigenvalue weighted by atomic mass is 79.9. The fourth-order valence-corrected chi connectivity index (χ4v) is 1.63. The number of amides is 1. The van der Waals surface area contributed by atoms with Crippen molar-refractivity contribution >= 4 is 21.8 Å². The van der Waals surface area contributed by atoms with E-state index in [2.05, 4.69) is 21.2 Å². The van der Waals surface area contributed by atoms with E-state index in [-0.39, 0.29) is 0 Å². The molecule has 0 bridgehead atoms. The summed E-state index contributed by atoms with van der Waals surface area (Å²) in [4.78, 5) is 11.3. The number of benzene rings is 1. The van der Waals surface area contributed by atoms with Gasteiger partial charge in [-0.3, -0.25) is 10.1 Å². The van der Waals surface area contributed by atoms with Gasteiger partial charge in [-0.05, 0) is 33.6 Å². The first kappa shape index (κ1) is 14.1. The smallest absolute Gasteiger partial charge is 0.239 e. The molecule has 0 saturated heterocycles. The van der Waals surface area contributed by atoms with Crippen LogP contribution in [0.3, 0.4) is 0 Å². The predicted octanol–water partition coefficient (Wildman–Crippen LogP) is 1.35. The topological polar surface area (TPSA) is 64.3 Å². The molecule has 1 unspecified atom stereocenters. The molecule has 4 nitrogen and oxygen atoms in total. The third-order valence-corrected chi connectivity index (χ3v) is 2.86. The second-order valence-corrected chi connectivity index (χ2v) is 4.31. The molecular formula is C11H14BrFN2O2. The first-order chi connectivity index (χ1) is 8.06. The van der Waals surface area contributed by atoms with E-state index in [1.54, 1.807) is 19.2 Å². The van der Waals surface area contributed by atoms with Crippen LogP contribution in [0, 0.1) is 5.82 Å². The van der Waals surface area contributed by atoms with Crippen molar-refractivity contribution in [2.45, 2.75) is 6.04 Å². The molecule has 0 aliphatic heterocycles. The molecule has 3 N–H and O–H groups in total. The SMILES string of the molecule is COCCNC(C(N)=O)c1ccc(Br)c(F)c1. The number of primary amides is 1. The number of methoxy groups -OCH3 is 1. The Labute approximate surface area is 107 Å². The molecule has 0 fully saturated rings. The van der Waals surface area contributed by atoms with Gasteiger partial charge in [0.05, 0.1) is 11.1 Å². The molecular weight excluding hydrogens is 291 g/mol. The lowest BCUT2D eigenvalue weighted by atomic mass is 10.1. The summed E-state index contributed by atoms with van der Waals surface area (Å²) < 4.78 is 18.5. The first-order valence-electron chi connectivity index (χ1n) is 5.03. The zero-order valence-corrected chi connectivity index (χ0v) is 11.0. The Hall–Kier alpha value is -0.980. The molecule has 17 heavy (non-hydrogen) atoms. The Morgan fingerprint density at radius 1 is 1.65 bits per heavy atom. The van der Waals surface area contributed by atoms with E-state index in [0.717, 1.165) is 0 Å². The van der Waals surface area contributed by atoms with Crippen molar-refractivity contribution in [3.8, 4) is 0 Å². The van der Waals surface area contributed by atoms with E-state index in [1.165, 1.54) is 6.07 Å². The molecule has 1 aromatic rings. The van der Waals surface area contributed by atoms with Crippen molar-refractivity contribution in [2.24, 2.45) is 5.73 Å². The van der Waals surface area contributed by atoms with E-state index in [1.807, 2.05) is 0 Å². The van der Waals surface area contributed by atoms with Crippen molar-refractivity contribution in [1.82, 2.24) is 5.32 Å². The molecule has 0 saturated carbocycles. The largest absolute Gasteiger partial charge is 0.383 e. The maximum absolute atomic E-state index is 13.3. The third kappa shape index (κ3) is 4.07. The summed E-state index contributed by atoms with van der Waals surface area (Å²) >= 11 is 3.05. The van der Waals surface area contributed by atoms with Gasteiger partial charge in [0.2, 0.25) is 5.91 Å². The fraction of sp³-hybridized carbons (Fsp3) is 0.364. The predicted molar refractivity (Wildman–Crippen MR) is 65.9 cm³/mol. The molecule has 1 amide bonds. The molecule has 1 aromatic carbocycles. The van der Waals surface area contributed by atoms with Gasteiger partial charge < -0.3 is 10.5 Å². The Morgan fingerprint density at radius 2 is 2.35 bits per heavy atom. The van der Waals surface area contributed by atoms with E-state index in [9.17, 15) is 9.18 Å². The monoisotopic (exact) mass is 304 g/mol. The number of nitrogens with one attached hydrogen (secondary N) is 1. The van der Waals surface area contributed by atoms with E-state index < -0.39 is 17.8 Å². The zero-order chi connectivity index (χ0) is 12.8. The highest BCUT2D eigenvalue weighted by Crippen LogP contribution is 2.20. The molecule has 0 spiro atoms. The minimum Gasteiger partial charge on any atom is -0.383 e. The average molecular weight is 305 g/mol. The van der Waals surface area contributed by atoms with Crippen LogP contribution >= 0.6 is 15.9 Å². The van der Waals surface area contributed by atoms with Crippen LogP contribution < -0.4 is 11.1 Å². The maximum Gasteiger partial charge on any atom is 0.239 e. The van der Waals surface area contributed by atoms with Crippen LogP contribution in [0.15, 0.2) is 22.7 Å². The van der Waals surface area contributed by atoms with Crippen LogP contribution in [-0.4, -0.2) is 26.2 Å². The highest BCUT2D eigenvalue weighted by Gasteiger charge is 2.17. The van der Waals surface area contributed by atoms with Gasteiger partial charge in [-0.2, -0.15) is 0 Å². The van der Waals surface area contributed by atoms with Gasteiger partial charge in [-0.25, -0.2) is 4.39 Å². The van der Waals surface area contributed by atoms with Gasteiger partial charge in [0.1, 0.15) is 11.9 Å². The Balaban J connectivity index is 2.82. The molecule has 0 aliphatic carbocycles. The van der Waals surface area contributed by atoms with Crippen LogP contribution in [0.4, 0.5) is 4.39 Å². The standard InChI is InChI=1S/C11H14BrFN2O2/c1-17-5-4-15-10(11(14)16)7-2-3-8(12)9(13)6-7/h2-3,6,10,15H,4-5H2,1H3,(H2,14,16). The summed E-state index contributed by atoms with van der Waals surface area (Å²) in [5, 5.41) is 2.90. The molecule has 0 aromatic heterocycles. The summed E-state index contributed by atoms with van der Waals surface area (Å²) in [6.07, 6.45) is 0. The highest BCUT2D eigenvalue weighted by molar-refractivity contribution is 9.10. The Bertz CT molecular complexity index is 401. The number of carbonyl (C=O) groups excluding carboxylic acids is 1. The summed E-state index contributed by atoms with van der Waals surface area (Å²) in [6, 6.07) is 3.74.